The molecule has 0 saturated heterocycles. The summed E-state index contributed by atoms with van der Waals surface area (Å²) < 4.78 is 2.65. The highest BCUT2D eigenvalue weighted by molar-refractivity contribution is 6.30. The van der Waals surface area contributed by atoms with E-state index in [9.17, 15) is 14.4 Å². The largest absolute Gasteiger partial charge is 0.342 e. The third-order valence-corrected chi connectivity index (χ3v) is 5.59. The van der Waals surface area contributed by atoms with Crippen LogP contribution in [0.2, 0.25) is 5.02 Å². The Hall–Kier alpha value is -3.39. The molecule has 4 rings (SSSR count). The fourth-order valence-corrected chi connectivity index (χ4v) is 4.00. The average molecular weight is 426 g/mol. The predicted octanol–water partition coefficient (Wildman–Crippen LogP) is 2.79. The third-order valence-electron chi connectivity index (χ3n) is 5.33. The number of hydrogen-bond donors (Lipinski definition) is 1. The molecule has 9 heteroatoms. The highest BCUT2D eigenvalue weighted by Crippen LogP contribution is 2.43. The lowest BCUT2D eigenvalue weighted by atomic mass is 9.99. The maximum Gasteiger partial charge on any atom is 0.342 e. The molecule has 3 heterocycles. The normalized spacial score (nSPS) is 15.4. The van der Waals surface area contributed by atoms with E-state index < -0.39 is 12.1 Å². The zero-order valence-electron chi connectivity index (χ0n) is 16.9. The van der Waals surface area contributed by atoms with Crippen molar-refractivity contribution >= 4 is 29.2 Å². The zero-order chi connectivity index (χ0) is 21.7. The number of aromatic nitrogens is 3. The number of carbonyl (C=O) groups excluding carboxylic acids is 2. The van der Waals surface area contributed by atoms with Gasteiger partial charge in [0.05, 0.1) is 17.4 Å². The number of hydrogen-bond acceptors (Lipinski definition) is 4. The minimum Gasteiger partial charge on any atom is -0.339 e. The van der Waals surface area contributed by atoms with Gasteiger partial charge < -0.3 is 9.88 Å². The van der Waals surface area contributed by atoms with Gasteiger partial charge in [-0.05, 0) is 37.6 Å². The van der Waals surface area contributed by atoms with Crippen LogP contribution in [0.15, 0.2) is 41.3 Å². The molecule has 8 nitrogen and oxygen atoms in total. The molecule has 0 saturated carbocycles. The molecule has 1 aliphatic rings. The Morgan fingerprint density at radius 2 is 1.83 bits per heavy atom. The molecule has 1 atom stereocenters. The summed E-state index contributed by atoms with van der Waals surface area (Å²) in [4.78, 5) is 39.4. The van der Waals surface area contributed by atoms with Crippen molar-refractivity contribution in [1.29, 1.82) is 0 Å². The minimum absolute atomic E-state index is 0.132. The number of carbonyl (C=O) groups is 2. The number of amides is 2. The molecule has 30 heavy (non-hydrogen) atoms. The number of aryl methyl sites for hydroxylation is 2. The molecule has 154 valence electrons. The molecule has 0 aliphatic carbocycles. The van der Waals surface area contributed by atoms with E-state index in [2.05, 4.69) is 10.4 Å². The van der Waals surface area contributed by atoms with E-state index in [1.54, 1.807) is 50.2 Å². The Balaban J connectivity index is 1.96. The molecule has 1 aromatic carbocycles. The summed E-state index contributed by atoms with van der Waals surface area (Å²) in [6, 6.07) is 7.94. The van der Waals surface area contributed by atoms with Crippen LogP contribution in [0.3, 0.4) is 0 Å². The van der Waals surface area contributed by atoms with Gasteiger partial charge in [-0.3, -0.25) is 14.5 Å². The smallest absolute Gasteiger partial charge is 0.339 e. The number of fused-ring (bicyclic) bond motifs is 1. The SMILES string of the molecule is CNC(=O)n1nc2c(c1C)C(c1ccc(Cl)cc1)N(c1cc(C)c(=O)n(C)c1)C2=O. The lowest BCUT2D eigenvalue weighted by Gasteiger charge is -2.27. The van der Waals surface area contributed by atoms with E-state index in [1.165, 1.54) is 16.3 Å². The molecule has 0 spiro atoms. The van der Waals surface area contributed by atoms with Crippen molar-refractivity contribution in [2.75, 3.05) is 11.9 Å². The number of rotatable bonds is 2. The Kier molecular flexibility index (Phi) is 4.74. The summed E-state index contributed by atoms with van der Waals surface area (Å²) in [6.45, 7) is 3.46. The fraction of sp³-hybridized carbons (Fsp3) is 0.238. The number of anilines is 1. The van der Waals surface area contributed by atoms with Gasteiger partial charge >= 0.3 is 6.03 Å². The first kappa shape index (κ1) is 19.9. The summed E-state index contributed by atoms with van der Waals surface area (Å²) in [7, 11) is 3.15. The van der Waals surface area contributed by atoms with Gasteiger partial charge in [0.1, 0.15) is 0 Å². The first-order valence-electron chi connectivity index (χ1n) is 9.32. The zero-order valence-corrected chi connectivity index (χ0v) is 17.7. The predicted molar refractivity (Wildman–Crippen MR) is 113 cm³/mol. The van der Waals surface area contributed by atoms with Crippen LogP contribution < -0.4 is 15.8 Å². The number of nitrogens with zero attached hydrogens (tertiary/aromatic N) is 4. The maximum atomic E-state index is 13.4. The molecular weight excluding hydrogens is 406 g/mol. The molecule has 0 bridgehead atoms. The summed E-state index contributed by atoms with van der Waals surface area (Å²) >= 11 is 6.07. The van der Waals surface area contributed by atoms with Crippen LogP contribution >= 0.6 is 11.6 Å². The second-order valence-electron chi connectivity index (χ2n) is 7.24. The van der Waals surface area contributed by atoms with Gasteiger partial charge in [-0.25, -0.2) is 4.79 Å². The van der Waals surface area contributed by atoms with Crippen molar-refractivity contribution in [2.24, 2.45) is 7.05 Å². The summed E-state index contributed by atoms with van der Waals surface area (Å²) in [5, 5.41) is 7.40. The molecule has 0 fully saturated rings. The van der Waals surface area contributed by atoms with Gasteiger partial charge in [-0.1, -0.05) is 23.7 Å². The summed E-state index contributed by atoms with van der Waals surface area (Å²) in [5.41, 5.74) is 3.21. The number of benzene rings is 1. The lowest BCUT2D eigenvalue weighted by molar-refractivity contribution is 0.0988. The first-order valence-corrected chi connectivity index (χ1v) is 9.70. The highest BCUT2D eigenvalue weighted by atomic mass is 35.5. The Bertz CT molecular complexity index is 1220. The van der Waals surface area contributed by atoms with E-state index in [0.29, 0.717) is 27.5 Å². The molecular formula is C21H20ClN5O3. The fourth-order valence-electron chi connectivity index (χ4n) is 3.88. The number of halogens is 1. The van der Waals surface area contributed by atoms with Crippen molar-refractivity contribution in [3.63, 3.8) is 0 Å². The topological polar surface area (TPSA) is 89.2 Å². The third kappa shape index (κ3) is 2.91. The maximum absolute atomic E-state index is 13.4. The Labute approximate surface area is 177 Å². The van der Waals surface area contributed by atoms with Crippen LogP contribution in [0.25, 0.3) is 0 Å². The van der Waals surface area contributed by atoms with Crippen molar-refractivity contribution in [1.82, 2.24) is 19.7 Å². The molecule has 1 N–H and O–H groups in total. The van der Waals surface area contributed by atoms with Crippen molar-refractivity contribution in [2.45, 2.75) is 19.9 Å². The second kappa shape index (κ2) is 7.14. The van der Waals surface area contributed by atoms with Gasteiger partial charge in [-0.2, -0.15) is 9.78 Å². The summed E-state index contributed by atoms with van der Waals surface area (Å²) in [6.07, 6.45) is 1.63. The van der Waals surface area contributed by atoms with Crippen molar-refractivity contribution in [3.8, 4) is 0 Å². The molecule has 1 aliphatic heterocycles. The van der Waals surface area contributed by atoms with E-state index in [1.807, 2.05) is 12.1 Å². The molecule has 3 aromatic rings. The van der Waals surface area contributed by atoms with Crippen LogP contribution in [0.4, 0.5) is 10.5 Å². The first-order chi connectivity index (χ1) is 14.2. The molecule has 2 aromatic heterocycles. The monoisotopic (exact) mass is 425 g/mol. The Morgan fingerprint density at radius 1 is 1.17 bits per heavy atom. The standard InChI is InChI=1S/C21H20ClN5O3/c1-11-9-15(10-25(4)19(11)28)26-18(13-5-7-14(22)8-6-13)16-12(2)27(21(30)23-3)24-17(16)20(26)29/h5-10,18H,1-4H3,(H,23,30). The van der Waals surface area contributed by atoms with Crippen LogP contribution in [0.5, 0.6) is 0 Å². The Morgan fingerprint density at radius 3 is 2.43 bits per heavy atom. The van der Waals surface area contributed by atoms with Gasteiger partial charge in [0.15, 0.2) is 5.69 Å². The van der Waals surface area contributed by atoms with Crippen molar-refractivity contribution in [3.05, 3.63) is 80.0 Å². The van der Waals surface area contributed by atoms with E-state index in [4.69, 9.17) is 11.6 Å². The van der Waals surface area contributed by atoms with Crippen molar-refractivity contribution < 1.29 is 9.59 Å². The van der Waals surface area contributed by atoms with E-state index >= 15 is 0 Å². The lowest BCUT2D eigenvalue weighted by Crippen LogP contribution is -2.33. The minimum atomic E-state index is -0.514. The van der Waals surface area contributed by atoms with Crippen LogP contribution in [-0.2, 0) is 7.05 Å². The highest BCUT2D eigenvalue weighted by Gasteiger charge is 2.44. The van der Waals surface area contributed by atoms with Gasteiger partial charge in [-0.15, -0.1) is 0 Å². The van der Waals surface area contributed by atoms with E-state index in [0.717, 1.165) is 5.56 Å². The molecule has 0 radical (unpaired) electrons. The van der Waals surface area contributed by atoms with Crippen LogP contribution in [0, 0.1) is 13.8 Å². The second-order valence-corrected chi connectivity index (χ2v) is 7.68. The van der Waals surface area contributed by atoms with Crippen LogP contribution in [0.1, 0.15) is 38.9 Å². The van der Waals surface area contributed by atoms with Gasteiger partial charge in [0.2, 0.25) is 0 Å². The molecule has 2 amide bonds. The average Bonchev–Trinajstić information content (AvgIpc) is 3.20. The van der Waals surface area contributed by atoms with Gasteiger partial charge in [0.25, 0.3) is 11.5 Å². The van der Waals surface area contributed by atoms with E-state index in [-0.39, 0.29) is 17.2 Å². The number of nitrogens with one attached hydrogen (secondary N) is 1. The van der Waals surface area contributed by atoms with Crippen LogP contribution in [-0.4, -0.2) is 33.3 Å². The van der Waals surface area contributed by atoms with Gasteiger partial charge in [0, 0.05) is 36.4 Å². The number of pyridine rings is 1. The quantitative estimate of drug-likeness (QED) is 0.683. The summed E-state index contributed by atoms with van der Waals surface area (Å²) in [5.74, 6) is -0.339. The molecule has 1 unspecified atom stereocenters.